The van der Waals surface area contributed by atoms with Gasteiger partial charge >= 0.3 is 0 Å². The molecule has 1 N–H and O–H groups in total. The maximum Gasteiger partial charge on any atom is 0.0195 e. The van der Waals surface area contributed by atoms with Crippen LogP contribution in [0.5, 0.6) is 0 Å². The minimum atomic E-state index is 0.248. The van der Waals surface area contributed by atoms with E-state index in [0.717, 1.165) is 13.1 Å². The average molecular weight is 196 g/mol. The molecule has 2 heteroatoms. The maximum absolute atomic E-state index is 3.83. The maximum atomic E-state index is 3.83. The quantitative estimate of drug-likeness (QED) is 0.692. The largest absolute Gasteiger partial charge is 0.313 e. The summed E-state index contributed by atoms with van der Waals surface area (Å²) in [6, 6.07) is 0.689. The van der Waals surface area contributed by atoms with Crippen LogP contribution in [0.4, 0.5) is 0 Å². The first-order valence-electron chi connectivity index (χ1n) is 5.63. The zero-order valence-electron chi connectivity index (χ0n) is 9.84. The predicted octanol–water partition coefficient (Wildman–Crippen LogP) is 2.02. The second-order valence-electron chi connectivity index (χ2n) is 5.16. The molecule has 1 heterocycles. The Kier molecular flexibility index (Phi) is 4.14. The third-order valence-electron chi connectivity index (χ3n) is 2.90. The highest BCUT2D eigenvalue weighted by Crippen LogP contribution is 2.16. The molecular formula is C12H24N2. The molecule has 0 radical (unpaired) electrons. The lowest BCUT2D eigenvalue weighted by Gasteiger charge is -2.36. The average Bonchev–Trinajstić information content (AvgIpc) is 2.54. The summed E-state index contributed by atoms with van der Waals surface area (Å²) in [5.41, 5.74) is 0.248. The van der Waals surface area contributed by atoms with E-state index in [1.807, 2.05) is 6.08 Å². The number of hydrogen-bond acceptors (Lipinski definition) is 2. The van der Waals surface area contributed by atoms with Crippen molar-refractivity contribution in [3.63, 3.8) is 0 Å². The van der Waals surface area contributed by atoms with E-state index in [1.165, 1.54) is 19.4 Å². The van der Waals surface area contributed by atoms with Gasteiger partial charge in [-0.05, 0) is 40.2 Å². The highest BCUT2D eigenvalue weighted by atomic mass is 15.2. The van der Waals surface area contributed by atoms with Gasteiger partial charge < -0.3 is 5.32 Å². The Morgan fingerprint density at radius 2 is 2.21 bits per heavy atom. The van der Waals surface area contributed by atoms with E-state index in [1.54, 1.807) is 0 Å². The van der Waals surface area contributed by atoms with Gasteiger partial charge in [-0.3, -0.25) is 4.90 Å². The summed E-state index contributed by atoms with van der Waals surface area (Å²) in [7, 11) is 0. The van der Waals surface area contributed by atoms with Crippen molar-refractivity contribution in [2.24, 2.45) is 0 Å². The van der Waals surface area contributed by atoms with Crippen LogP contribution < -0.4 is 5.32 Å². The third kappa shape index (κ3) is 3.43. The van der Waals surface area contributed by atoms with E-state index in [4.69, 9.17) is 0 Å². The van der Waals surface area contributed by atoms with Crippen molar-refractivity contribution in [2.45, 2.75) is 45.2 Å². The van der Waals surface area contributed by atoms with Gasteiger partial charge in [0.2, 0.25) is 0 Å². The van der Waals surface area contributed by atoms with Crippen molar-refractivity contribution in [1.29, 1.82) is 0 Å². The Hall–Kier alpha value is -0.340. The van der Waals surface area contributed by atoms with E-state index in [0.29, 0.717) is 6.04 Å². The minimum absolute atomic E-state index is 0.248. The third-order valence-corrected chi connectivity index (χ3v) is 2.90. The van der Waals surface area contributed by atoms with Gasteiger partial charge in [0.1, 0.15) is 0 Å². The standard InChI is InChI=1S/C12H24N2/c1-5-9-14(12(2,3)4)10-11-7-6-8-13-11/h5,11,13H,1,6-10H2,2-4H3. The Balaban J connectivity index is 2.45. The Bertz CT molecular complexity index is 175. The van der Waals surface area contributed by atoms with E-state index < -0.39 is 0 Å². The smallest absolute Gasteiger partial charge is 0.0195 e. The van der Waals surface area contributed by atoms with E-state index in [-0.39, 0.29) is 5.54 Å². The fourth-order valence-electron chi connectivity index (χ4n) is 1.96. The van der Waals surface area contributed by atoms with Crippen LogP contribution in [-0.2, 0) is 0 Å². The normalized spacial score (nSPS) is 23.0. The number of nitrogens with zero attached hydrogens (tertiary/aromatic N) is 1. The summed E-state index contributed by atoms with van der Waals surface area (Å²) in [6.45, 7) is 14.0. The topological polar surface area (TPSA) is 15.3 Å². The van der Waals surface area contributed by atoms with Crippen molar-refractivity contribution in [3.8, 4) is 0 Å². The summed E-state index contributed by atoms with van der Waals surface area (Å²) in [5.74, 6) is 0. The zero-order valence-corrected chi connectivity index (χ0v) is 9.84. The first-order valence-corrected chi connectivity index (χ1v) is 5.63. The van der Waals surface area contributed by atoms with E-state index in [2.05, 4.69) is 37.6 Å². The summed E-state index contributed by atoms with van der Waals surface area (Å²) >= 11 is 0. The highest BCUT2D eigenvalue weighted by Gasteiger charge is 2.24. The molecular weight excluding hydrogens is 172 g/mol. The van der Waals surface area contributed by atoms with Crippen LogP contribution in [0.1, 0.15) is 33.6 Å². The molecule has 1 unspecified atom stereocenters. The van der Waals surface area contributed by atoms with Crippen molar-refractivity contribution >= 4 is 0 Å². The molecule has 2 nitrogen and oxygen atoms in total. The van der Waals surface area contributed by atoms with Gasteiger partial charge in [-0.2, -0.15) is 0 Å². The summed E-state index contributed by atoms with van der Waals surface area (Å²) in [6.07, 6.45) is 4.65. The van der Waals surface area contributed by atoms with Crippen LogP contribution in [0.2, 0.25) is 0 Å². The lowest BCUT2D eigenvalue weighted by Crippen LogP contribution is -2.47. The van der Waals surface area contributed by atoms with Crippen LogP contribution in [0, 0.1) is 0 Å². The zero-order chi connectivity index (χ0) is 10.6. The van der Waals surface area contributed by atoms with Crippen molar-refractivity contribution in [3.05, 3.63) is 12.7 Å². The van der Waals surface area contributed by atoms with Gasteiger partial charge in [-0.15, -0.1) is 6.58 Å². The minimum Gasteiger partial charge on any atom is -0.313 e. The molecule has 14 heavy (non-hydrogen) atoms. The molecule has 0 saturated carbocycles. The second kappa shape index (κ2) is 4.94. The molecule has 0 spiro atoms. The molecule has 0 aromatic heterocycles. The van der Waals surface area contributed by atoms with Gasteiger partial charge in [0.25, 0.3) is 0 Å². The van der Waals surface area contributed by atoms with Crippen LogP contribution in [0.15, 0.2) is 12.7 Å². The molecule has 0 aromatic rings. The Labute approximate surface area is 88.4 Å². The second-order valence-corrected chi connectivity index (χ2v) is 5.16. The van der Waals surface area contributed by atoms with Gasteiger partial charge in [0, 0.05) is 24.7 Å². The fraction of sp³-hybridized carbons (Fsp3) is 0.833. The molecule has 0 aliphatic carbocycles. The van der Waals surface area contributed by atoms with Crippen LogP contribution in [0.3, 0.4) is 0 Å². The number of hydrogen-bond donors (Lipinski definition) is 1. The van der Waals surface area contributed by atoms with Gasteiger partial charge in [-0.1, -0.05) is 6.08 Å². The molecule has 82 valence electrons. The molecule has 1 rings (SSSR count). The summed E-state index contributed by atoms with van der Waals surface area (Å²) in [5, 5.41) is 3.54. The first-order chi connectivity index (χ1) is 6.54. The molecule has 0 amide bonds. The Morgan fingerprint density at radius 3 is 2.64 bits per heavy atom. The molecule has 1 saturated heterocycles. The van der Waals surface area contributed by atoms with Crippen molar-refractivity contribution in [1.82, 2.24) is 10.2 Å². The molecule has 1 aliphatic rings. The Morgan fingerprint density at radius 1 is 1.50 bits per heavy atom. The molecule has 1 fully saturated rings. The lowest BCUT2D eigenvalue weighted by molar-refractivity contribution is 0.141. The van der Waals surface area contributed by atoms with Crippen LogP contribution in [0.25, 0.3) is 0 Å². The van der Waals surface area contributed by atoms with E-state index >= 15 is 0 Å². The first kappa shape index (κ1) is 11.7. The number of rotatable bonds is 4. The molecule has 1 aliphatic heterocycles. The number of nitrogens with one attached hydrogen (secondary N) is 1. The lowest BCUT2D eigenvalue weighted by atomic mass is 10.0. The van der Waals surface area contributed by atoms with Crippen LogP contribution in [-0.4, -0.2) is 36.1 Å². The summed E-state index contributed by atoms with van der Waals surface area (Å²) in [4.78, 5) is 2.49. The van der Waals surface area contributed by atoms with Gasteiger partial charge in [0.05, 0.1) is 0 Å². The fourth-order valence-corrected chi connectivity index (χ4v) is 1.96. The van der Waals surface area contributed by atoms with Gasteiger partial charge in [-0.25, -0.2) is 0 Å². The van der Waals surface area contributed by atoms with Gasteiger partial charge in [0.15, 0.2) is 0 Å². The molecule has 0 bridgehead atoms. The highest BCUT2D eigenvalue weighted by molar-refractivity contribution is 4.87. The molecule has 1 atom stereocenters. The van der Waals surface area contributed by atoms with E-state index in [9.17, 15) is 0 Å². The van der Waals surface area contributed by atoms with Crippen molar-refractivity contribution < 1.29 is 0 Å². The monoisotopic (exact) mass is 196 g/mol. The SMILES string of the molecule is C=CCN(CC1CCCN1)C(C)(C)C. The predicted molar refractivity (Wildman–Crippen MR) is 62.5 cm³/mol. The van der Waals surface area contributed by atoms with Crippen LogP contribution >= 0.6 is 0 Å². The van der Waals surface area contributed by atoms with Crippen molar-refractivity contribution in [2.75, 3.05) is 19.6 Å². The summed E-state index contributed by atoms with van der Waals surface area (Å²) < 4.78 is 0. The molecule has 0 aromatic carbocycles.